The van der Waals surface area contributed by atoms with E-state index in [0.717, 1.165) is 23.2 Å². The van der Waals surface area contributed by atoms with Crippen LogP contribution in [0.15, 0.2) is 12.1 Å². The lowest BCUT2D eigenvalue weighted by molar-refractivity contribution is 0.602. The van der Waals surface area contributed by atoms with Gasteiger partial charge in [0.25, 0.3) is 0 Å². The minimum absolute atomic E-state index is 0.0376. The zero-order valence-corrected chi connectivity index (χ0v) is 7.32. The molecule has 1 heterocycles. The van der Waals surface area contributed by atoms with Crippen LogP contribution in [0.2, 0.25) is 0 Å². The molecular weight excluding hydrogens is 153 g/mol. The zero-order valence-electron chi connectivity index (χ0n) is 7.32. The lowest BCUT2D eigenvalue weighted by atomic mass is 10.1. The van der Waals surface area contributed by atoms with Crippen LogP contribution in [0.1, 0.15) is 18.1 Å². The van der Waals surface area contributed by atoms with Crippen LogP contribution < -0.4 is 5.32 Å². The first-order valence-electron chi connectivity index (χ1n) is 4.23. The van der Waals surface area contributed by atoms with Crippen LogP contribution in [0.25, 0.3) is 0 Å². The van der Waals surface area contributed by atoms with Crippen molar-refractivity contribution in [2.75, 3.05) is 5.32 Å². The van der Waals surface area contributed by atoms with Crippen molar-refractivity contribution in [2.45, 2.75) is 26.3 Å². The molecule has 1 aromatic carbocycles. The normalized spacial score (nSPS) is 20.4. The van der Waals surface area contributed by atoms with E-state index < -0.39 is 0 Å². The minimum atomic E-state index is -0.0376. The maximum absolute atomic E-state index is 13.4. The number of fused-ring (bicyclic) bond motifs is 1. The van der Waals surface area contributed by atoms with Crippen LogP contribution in [0.3, 0.4) is 0 Å². The molecule has 0 saturated carbocycles. The van der Waals surface area contributed by atoms with E-state index in [1.54, 1.807) is 6.92 Å². The van der Waals surface area contributed by atoms with Crippen LogP contribution in [0.4, 0.5) is 10.1 Å². The molecule has 2 heteroatoms. The predicted molar refractivity (Wildman–Crippen MR) is 47.9 cm³/mol. The third kappa shape index (κ3) is 0.986. The van der Waals surface area contributed by atoms with Gasteiger partial charge in [0, 0.05) is 17.3 Å². The van der Waals surface area contributed by atoms with Crippen molar-refractivity contribution >= 4 is 5.69 Å². The van der Waals surface area contributed by atoms with Gasteiger partial charge in [-0.2, -0.15) is 0 Å². The second kappa shape index (κ2) is 2.47. The summed E-state index contributed by atoms with van der Waals surface area (Å²) < 4.78 is 13.4. The third-order valence-electron chi connectivity index (χ3n) is 2.35. The Bertz CT molecular complexity index is 320. The fraction of sp³-hybridized carbons (Fsp3) is 0.400. The zero-order chi connectivity index (χ0) is 8.72. The topological polar surface area (TPSA) is 12.0 Å². The summed E-state index contributed by atoms with van der Waals surface area (Å²) in [7, 11) is 0. The molecule has 0 spiro atoms. The Labute approximate surface area is 71.6 Å². The Hall–Kier alpha value is -1.05. The number of benzene rings is 1. The number of hydrogen-bond acceptors (Lipinski definition) is 1. The van der Waals surface area contributed by atoms with Crippen LogP contribution in [0.5, 0.6) is 0 Å². The molecule has 0 fully saturated rings. The van der Waals surface area contributed by atoms with Gasteiger partial charge in [0.1, 0.15) is 5.82 Å². The number of hydrogen-bond donors (Lipinski definition) is 1. The molecule has 0 amide bonds. The molecule has 1 unspecified atom stereocenters. The van der Waals surface area contributed by atoms with E-state index in [2.05, 4.69) is 12.2 Å². The van der Waals surface area contributed by atoms with Crippen molar-refractivity contribution in [3.05, 3.63) is 29.1 Å². The van der Waals surface area contributed by atoms with Crippen LogP contribution in [0, 0.1) is 12.7 Å². The minimum Gasteiger partial charge on any atom is -0.382 e. The monoisotopic (exact) mass is 165 g/mol. The SMILES string of the molecule is Cc1ccc2c(c1F)CC(C)N2. The molecule has 0 saturated heterocycles. The molecule has 1 aromatic rings. The van der Waals surface area contributed by atoms with Crippen LogP contribution in [-0.4, -0.2) is 6.04 Å². The summed E-state index contributed by atoms with van der Waals surface area (Å²) in [5, 5.41) is 3.23. The van der Waals surface area contributed by atoms with Gasteiger partial charge in [-0.15, -0.1) is 0 Å². The van der Waals surface area contributed by atoms with E-state index in [0.29, 0.717) is 6.04 Å². The fourth-order valence-corrected chi connectivity index (χ4v) is 1.70. The van der Waals surface area contributed by atoms with Gasteiger partial charge in [0.15, 0.2) is 0 Å². The highest BCUT2D eigenvalue weighted by molar-refractivity contribution is 5.58. The highest BCUT2D eigenvalue weighted by atomic mass is 19.1. The first kappa shape index (κ1) is 7.59. The Morgan fingerprint density at radius 1 is 1.50 bits per heavy atom. The Morgan fingerprint density at radius 3 is 3.00 bits per heavy atom. The van der Waals surface area contributed by atoms with Crippen molar-refractivity contribution in [1.82, 2.24) is 0 Å². The molecule has 1 aliphatic rings. The van der Waals surface area contributed by atoms with Crippen molar-refractivity contribution in [2.24, 2.45) is 0 Å². The summed E-state index contributed by atoms with van der Waals surface area (Å²) >= 11 is 0. The quantitative estimate of drug-likeness (QED) is 0.622. The second-order valence-electron chi connectivity index (χ2n) is 3.47. The van der Waals surface area contributed by atoms with Crippen molar-refractivity contribution < 1.29 is 4.39 Å². The molecule has 1 aliphatic heterocycles. The summed E-state index contributed by atoms with van der Waals surface area (Å²) in [5.41, 5.74) is 2.55. The van der Waals surface area contributed by atoms with Crippen molar-refractivity contribution in [3.63, 3.8) is 0 Å². The molecule has 0 aliphatic carbocycles. The van der Waals surface area contributed by atoms with E-state index in [1.165, 1.54) is 0 Å². The maximum Gasteiger partial charge on any atom is 0.131 e. The lowest BCUT2D eigenvalue weighted by Gasteiger charge is -2.02. The molecule has 2 rings (SSSR count). The Morgan fingerprint density at radius 2 is 2.25 bits per heavy atom. The molecular formula is C10H12FN. The average Bonchev–Trinajstić information content (AvgIpc) is 2.39. The first-order chi connectivity index (χ1) is 5.68. The second-order valence-corrected chi connectivity index (χ2v) is 3.47. The number of nitrogens with one attached hydrogen (secondary N) is 1. The highest BCUT2D eigenvalue weighted by Gasteiger charge is 2.20. The Kier molecular flexibility index (Phi) is 1.56. The standard InChI is InChI=1S/C10H12FN/c1-6-3-4-9-8(10(6)11)5-7(2)12-9/h3-4,7,12H,5H2,1-2H3. The van der Waals surface area contributed by atoms with Crippen LogP contribution >= 0.6 is 0 Å². The maximum atomic E-state index is 13.4. The van der Waals surface area contributed by atoms with Gasteiger partial charge in [0.2, 0.25) is 0 Å². The molecule has 64 valence electrons. The number of anilines is 1. The number of aryl methyl sites for hydroxylation is 1. The summed E-state index contributed by atoms with van der Waals surface area (Å²) in [6, 6.07) is 4.15. The van der Waals surface area contributed by atoms with Gasteiger partial charge < -0.3 is 5.32 Å². The van der Waals surface area contributed by atoms with E-state index in [4.69, 9.17) is 0 Å². The number of rotatable bonds is 0. The van der Waals surface area contributed by atoms with Gasteiger partial charge in [-0.3, -0.25) is 0 Å². The van der Waals surface area contributed by atoms with Gasteiger partial charge >= 0.3 is 0 Å². The smallest absolute Gasteiger partial charge is 0.131 e. The molecule has 12 heavy (non-hydrogen) atoms. The molecule has 0 bridgehead atoms. The van der Waals surface area contributed by atoms with Gasteiger partial charge in [-0.1, -0.05) is 6.07 Å². The van der Waals surface area contributed by atoms with Gasteiger partial charge in [-0.25, -0.2) is 4.39 Å². The van der Waals surface area contributed by atoms with Crippen molar-refractivity contribution in [3.8, 4) is 0 Å². The fourth-order valence-electron chi connectivity index (χ4n) is 1.70. The van der Waals surface area contributed by atoms with Gasteiger partial charge in [0.05, 0.1) is 0 Å². The summed E-state index contributed by atoms with van der Waals surface area (Å²) in [4.78, 5) is 0. The molecule has 1 nitrogen and oxygen atoms in total. The molecule has 0 aromatic heterocycles. The molecule has 1 atom stereocenters. The number of halogens is 1. The summed E-state index contributed by atoms with van der Waals surface area (Å²) in [5.74, 6) is -0.0376. The molecule has 0 radical (unpaired) electrons. The van der Waals surface area contributed by atoms with Crippen molar-refractivity contribution in [1.29, 1.82) is 0 Å². The first-order valence-corrected chi connectivity index (χ1v) is 4.23. The van der Waals surface area contributed by atoms with E-state index >= 15 is 0 Å². The predicted octanol–water partition coefficient (Wildman–Crippen LogP) is 2.49. The summed E-state index contributed by atoms with van der Waals surface area (Å²) in [6.07, 6.45) is 0.808. The average molecular weight is 165 g/mol. The summed E-state index contributed by atoms with van der Waals surface area (Å²) in [6.45, 7) is 3.87. The largest absolute Gasteiger partial charge is 0.382 e. The molecule has 1 N–H and O–H groups in total. The third-order valence-corrected chi connectivity index (χ3v) is 2.35. The Balaban J connectivity index is 2.54. The highest BCUT2D eigenvalue weighted by Crippen LogP contribution is 2.29. The lowest BCUT2D eigenvalue weighted by Crippen LogP contribution is -2.08. The van der Waals surface area contributed by atoms with Crippen LogP contribution in [-0.2, 0) is 6.42 Å². The van der Waals surface area contributed by atoms with E-state index in [1.807, 2.05) is 12.1 Å². The van der Waals surface area contributed by atoms with E-state index in [9.17, 15) is 4.39 Å². The van der Waals surface area contributed by atoms with E-state index in [-0.39, 0.29) is 5.82 Å². The van der Waals surface area contributed by atoms with Gasteiger partial charge in [-0.05, 0) is 31.9 Å².